The fourth-order valence-electron chi connectivity index (χ4n) is 2.25. The standard InChI is InChI=1S/C18H21ClN4/c1-5-15-14(16(21-4)23-17(20)22-15)10-11-18(2,3)12-6-8-13(19)9-7-12/h6-9H,5H2,1-4H3,(H3,20,21,22,23). The molecule has 1 aromatic heterocycles. The Hall–Kier alpha value is -2.25. The maximum atomic E-state index is 5.96. The monoisotopic (exact) mass is 328 g/mol. The number of aryl methyl sites for hydroxylation is 1. The van der Waals surface area contributed by atoms with Crippen LogP contribution < -0.4 is 11.1 Å². The number of hydrogen-bond donors (Lipinski definition) is 2. The lowest BCUT2D eigenvalue weighted by atomic mass is 9.85. The lowest BCUT2D eigenvalue weighted by molar-refractivity contribution is 0.698. The van der Waals surface area contributed by atoms with Crippen LogP contribution in [0, 0.1) is 11.8 Å². The number of halogens is 1. The Morgan fingerprint density at radius 1 is 1.22 bits per heavy atom. The van der Waals surface area contributed by atoms with Crippen LogP contribution in [-0.2, 0) is 11.8 Å². The smallest absolute Gasteiger partial charge is 0.222 e. The number of benzene rings is 1. The Balaban J connectivity index is 2.46. The van der Waals surface area contributed by atoms with E-state index in [9.17, 15) is 0 Å². The summed E-state index contributed by atoms with van der Waals surface area (Å²) in [5.41, 5.74) is 8.18. The van der Waals surface area contributed by atoms with Gasteiger partial charge in [0.15, 0.2) is 0 Å². The zero-order valence-corrected chi connectivity index (χ0v) is 14.6. The molecule has 0 amide bonds. The third kappa shape index (κ3) is 3.94. The summed E-state index contributed by atoms with van der Waals surface area (Å²) in [5.74, 6) is 7.48. The van der Waals surface area contributed by atoms with E-state index in [0.717, 1.165) is 28.3 Å². The van der Waals surface area contributed by atoms with Crippen molar-refractivity contribution >= 4 is 23.4 Å². The SMILES string of the molecule is CCc1nc(N)nc(NC)c1C#CC(C)(C)c1ccc(Cl)cc1. The molecule has 3 N–H and O–H groups in total. The van der Waals surface area contributed by atoms with Gasteiger partial charge in [-0.25, -0.2) is 4.98 Å². The Morgan fingerprint density at radius 2 is 1.87 bits per heavy atom. The first-order valence-corrected chi connectivity index (χ1v) is 7.88. The van der Waals surface area contributed by atoms with Crippen molar-refractivity contribution in [3.05, 3.63) is 46.1 Å². The van der Waals surface area contributed by atoms with Crippen LogP contribution in [0.5, 0.6) is 0 Å². The van der Waals surface area contributed by atoms with E-state index >= 15 is 0 Å². The summed E-state index contributed by atoms with van der Waals surface area (Å²) in [6, 6.07) is 7.75. The highest BCUT2D eigenvalue weighted by Crippen LogP contribution is 2.25. The first kappa shape index (κ1) is 17.1. The minimum atomic E-state index is -0.317. The molecule has 0 spiro atoms. The van der Waals surface area contributed by atoms with Crippen molar-refractivity contribution in [1.82, 2.24) is 9.97 Å². The Kier molecular flexibility index (Phi) is 5.12. The minimum Gasteiger partial charge on any atom is -0.372 e. The number of nitrogens with one attached hydrogen (secondary N) is 1. The fourth-order valence-corrected chi connectivity index (χ4v) is 2.38. The zero-order valence-electron chi connectivity index (χ0n) is 13.9. The highest BCUT2D eigenvalue weighted by molar-refractivity contribution is 6.30. The average Bonchev–Trinajstić information content (AvgIpc) is 2.53. The average molecular weight is 329 g/mol. The van der Waals surface area contributed by atoms with Gasteiger partial charge in [0.25, 0.3) is 0 Å². The number of hydrogen-bond acceptors (Lipinski definition) is 4. The van der Waals surface area contributed by atoms with Gasteiger partial charge in [-0.05, 0) is 38.0 Å². The Labute approximate surface area is 142 Å². The van der Waals surface area contributed by atoms with E-state index in [1.165, 1.54) is 0 Å². The normalized spacial score (nSPS) is 10.8. The Morgan fingerprint density at radius 3 is 2.43 bits per heavy atom. The highest BCUT2D eigenvalue weighted by Gasteiger charge is 2.18. The third-order valence-corrected chi connectivity index (χ3v) is 3.89. The van der Waals surface area contributed by atoms with E-state index in [1.807, 2.05) is 31.2 Å². The summed E-state index contributed by atoms with van der Waals surface area (Å²) in [6.45, 7) is 6.18. The summed E-state index contributed by atoms with van der Waals surface area (Å²) in [7, 11) is 1.80. The van der Waals surface area contributed by atoms with Crippen molar-refractivity contribution in [2.24, 2.45) is 0 Å². The Bertz CT molecular complexity index is 730. The summed E-state index contributed by atoms with van der Waals surface area (Å²) < 4.78 is 0. The number of nitrogens with two attached hydrogens (primary N) is 1. The molecule has 1 heterocycles. The first-order valence-electron chi connectivity index (χ1n) is 7.50. The van der Waals surface area contributed by atoms with Gasteiger partial charge in [0.2, 0.25) is 5.95 Å². The molecule has 23 heavy (non-hydrogen) atoms. The highest BCUT2D eigenvalue weighted by atomic mass is 35.5. The van der Waals surface area contributed by atoms with Crippen molar-refractivity contribution in [3.63, 3.8) is 0 Å². The summed E-state index contributed by atoms with van der Waals surface area (Å²) in [5, 5.41) is 3.76. The second-order valence-electron chi connectivity index (χ2n) is 5.74. The molecule has 1 aromatic carbocycles. The molecule has 0 radical (unpaired) electrons. The van der Waals surface area contributed by atoms with Crippen LogP contribution in [0.25, 0.3) is 0 Å². The van der Waals surface area contributed by atoms with Gasteiger partial charge >= 0.3 is 0 Å². The van der Waals surface area contributed by atoms with Crippen LogP contribution in [0.1, 0.15) is 37.6 Å². The molecule has 2 aromatic rings. The summed E-state index contributed by atoms with van der Waals surface area (Å²) in [4.78, 5) is 8.51. The number of rotatable bonds is 3. The number of nitrogen functional groups attached to an aromatic ring is 1. The predicted molar refractivity (Wildman–Crippen MR) is 96.7 cm³/mol. The summed E-state index contributed by atoms with van der Waals surface area (Å²) in [6.07, 6.45) is 0.743. The largest absolute Gasteiger partial charge is 0.372 e. The zero-order chi connectivity index (χ0) is 17.0. The third-order valence-electron chi connectivity index (χ3n) is 3.64. The van der Waals surface area contributed by atoms with Gasteiger partial charge < -0.3 is 11.1 Å². The molecule has 0 saturated carbocycles. The fraction of sp³-hybridized carbons (Fsp3) is 0.333. The lowest BCUT2D eigenvalue weighted by Gasteiger charge is -2.18. The van der Waals surface area contributed by atoms with Crippen molar-refractivity contribution in [1.29, 1.82) is 0 Å². The molecule has 0 atom stereocenters. The number of anilines is 2. The molecule has 0 aliphatic rings. The van der Waals surface area contributed by atoms with Gasteiger partial charge in [0.05, 0.1) is 16.7 Å². The maximum absolute atomic E-state index is 5.96. The van der Waals surface area contributed by atoms with Gasteiger partial charge in [-0.2, -0.15) is 4.98 Å². The lowest BCUT2D eigenvalue weighted by Crippen LogP contribution is -2.14. The van der Waals surface area contributed by atoms with E-state index in [1.54, 1.807) is 7.05 Å². The van der Waals surface area contributed by atoms with Crippen LogP contribution in [0.15, 0.2) is 24.3 Å². The minimum absolute atomic E-state index is 0.258. The van der Waals surface area contributed by atoms with E-state index in [4.69, 9.17) is 17.3 Å². The molecule has 2 rings (SSSR count). The summed E-state index contributed by atoms with van der Waals surface area (Å²) >= 11 is 5.96. The van der Waals surface area contributed by atoms with Crippen LogP contribution >= 0.6 is 11.6 Å². The molecule has 0 saturated heterocycles. The van der Waals surface area contributed by atoms with Gasteiger partial charge in [-0.15, -0.1) is 0 Å². The molecule has 0 aliphatic heterocycles. The quantitative estimate of drug-likeness (QED) is 0.844. The van der Waals surface area contributed by atoms with Gasteiger partial charge in [-0.1, -0.05) is 42.5 Å². The van der Waals surface area contributed by atoms with Crippen molar-refractivity contribution < 1.29 is 0 Å². The van der Waals surface area contributed by atoms with Crippen molar-refractivity contribution in [2.45, 2.75) is 32.6 Å². The molecule has 0 unspecified atom stereocenters. The second-order valence-corrected chi connectivity index (χ2v) is 6.17. The second kappa shape index (κ2) is 6.89. The van der Waals surface area contributed by atoms with E-state index in [0.29, 0.717) is 5.82 Å². The number of nitrogens with zero attached hydrogens (tertiary/aromatic N) is 2. The van der Waals surface area contributed by atoms with Crippen molar-refractivity contribution in [2.75, 3.05) is 18.1 Å². The van der Waals surface area contributed by atoms with Crippen molar-refractivity contribution in [3.8, 4) is 11.8 Å². The molecule has 4 nitrogen and oxygen atoms in total. The van der Waals surface area contributed by atoms with Crippen LogP contribution in [-0.4, -0.2) is 17.0 Å². The van der Waals surface area contributed by atoms with Gasteiger partial charge in [0.1, 0.15) is 5.82 Å². The molecular formula is C18H21ClN4. The molecule has 0 aliphatic carbocycles. The van der Waals surface area contributed by atoms with E-state index in [-0.39, 0.29) is 11.4 Å². The topological polar surface area (TPSA) is 63.8 Å². The maximum Gasteiger partial charge on any atom is 0.222 e. The van der Waals surface area contributed by atoms with Gasteiger partial charge in [0, 0.05) is 12.1 Å². The van der Waals surface area contributed by atoms with E-state index in [2.05, 4.69) is 41.0 Å². The number of aromatic nitrogens is 2. The molecule has 0 fully saturated rings. The van der Waals surface area contributed by atoms with Gasteiger partial charge in [-0.3, -0.25) is 0 Å². The van der Waals surface area contributed by atoms with Crippen LogP contribution in [0.4, 0.5) is 11.8 Å². The first-order chi connectivity index (χ1) is 10.9. The predicted octanol–water partition coefficient (Wildman–Crippen LogP) is 3.65. The van der Waals surface area contributed by atoms with Crippen LogP contribution in [0.2, 0.25) is 5.02 Å². The van der Waals surface area contributed by atoms with E-state index < -0.39 is 0 Å². The molecule has 5 heteroatoms. The van der Waals surface area contributed by atoms with Crippen LogP contribution in [0.3, 0.4) is 0 Å². The molecule has 120 valence electrons. The molecular weight excluding hydrogens is 308 g/mol. The molecule has 0 bridgehead atoms.